The van der Waals surface area contributed by atoms with Gasteiger partial charge in [-0.3, -0.25) is 4.79 Å². The van der Waals surface area contributed by atoms with Gasteiger partial charge in [-0.05, 0) is 80.4 Å². The number of rotatable bonds is 12. The van der Waals surface area contributed by atoms with Crippen molar-refractivity contribution in [2.45, 2.75) is 26.9 Å². The van der Waals surface area contributed by atoms with Crippen LogP contribution in [0.5, 0.6) is 17.2 Å². The van der Waals surface area contributed by atoms with Crippen molar-refractivity contribution in [1.29, 1.82) is 5.26 Å². The fraction of sp³-hybridized carbons (Fsp3) is 0.200. The first-order valence-corrected chi connectivity index (χ1v) is 12.8. The van der Waals surface area contributed by atoms with Gasteiger partial charge >= 0.3 is 0 Å². The Morgan fingerprint density at radius 3 is 2.37 bits per heavy atom. The highest BCUT2D eigenvalue weighted by Gasteiger charge is 2.16. The minimum absolute atomic E-state index is 0.0625. The van der Waals surface area contributed by atoms with Gasteiger partial charge in [0.05, 0.1) is 13.2 Å². The number of carbonyl (C=O) groups is 1. The fourth-order valence-electron chi connectivity index (χ4n) is 3.60. The number of benzene rings is 3. The van der Waals surface area contributed by atoms with Crippen LogP contribution < -0.4 is 19.5 Å². The topological polar surface area (TPSA) is 80.6 Å². The van der Waals surface area contributed by atoms with Gasteiger partial charge < -0.3 is 19.5 Å². The molecule has 0 fully saturated rings. The molecule has 0 unspecified atom stereocenters. The maximum atomic E-state index is 12.8. The van der Waals surface area contributed by atoms with Crippen molar-refractivity contribution in [2.24, 2.45) is 0 Å². The fourth-order valence-corrected chi connectivity index (χ4v) is 4.07. The van der Waals surface area contributed by atoms with Crippen LogP contribution in [0.15, 0.2) is 72.8 Å². The van der Waals surface area contributed by atoms with E-state index < -0.39 is 5.91 Å². The van der Waals surface area contributed by atoms with Crippen molar-refractivity contribution in [1.82, 2.24) is 0 Å². The molecule has 0 bridgehead atoms. The van der Waals surface area contributed by atoms with Gasteiger partial charge in [-0.2, -0.15) is 5.26 Å². The van der Waals surface area contributed by atoms with E-state index in [1.807, 2.05) is 26.0 Å². The summed E-state index contributed by atoms with van der Waals surface area (Å²) in [5, 5.41) is 13.5. The van der Waals surface area contributed by atoms with E-state index in [2.05, 4.69) is 11.9 Å². The molecule has 0 saturated heterocycles. The number of amides is 1. The summed E-state index contributed by atoms with van der Waals surface area (Å²) in [5.41, 5.74) is 2.65. The van der Waals surface area contributed by atoms with E-state index in [1.165, 1.54) is 6.08 Å². The Balaban J connectivity index is 1.89. The molecular formula is C30H28Cl2N2O4. The van der Waals surface area contributed by atoms with Crippen molar-refractivity contribution < 1.29 is 19.0 Å². The summed E-state index contributed by atoms with van der Waals surface area (Å²) in [6.07, 6.45) is 3.73. The number of ether oxygens (including phenoxy) is 3. The van der Waals surface area contributed by atoms with Crippen LogP contribution in [-0.4, -0.2) is 19.1 Å². The molecule has 0 heterocycles. The molecule has 0 saturated carbocycles. The van der Waals surface area contributed by atoms with Gasteiger partial charge in [0.1, 0.15) is 24.0 Å². The van der Waals surface area contributed by atoms with E-state index in [-0.39, 0.29) is 12.2 Å². The minimum atomic E-state index is -0.530. The van der Waals surface area contributed by atoms with Crippen LogP contribution in [0.1, 0.15) is 30.5 Å². The highest BCUT2D eigenvalue weighted by molar-refractivity contribution is 6.35. The number of hydrogen-bond donors (Lipinski definition) is 1. The quantitative estimate of drug-likeness (QED) is 0.142. The van der Waals surface area contributed by atoms with Crippen LogP contribution in [-0.2, 0) is 17.8 Å². The molecule has 196 valence electrons. The Hall–Kier alpha value is -3.92. The lowest BCUT2D eigenvalue weighted by atomic mass is 10.0. The van der Waals surface area contributed by atoms with E-state index in [4.69, 9.17) is 37.4 Å². The summed E-state index contributed by atoms with van der Waals surface area (Å²) in [5.74, 6) is 1.18. The van der Waals surface area contributed by atoms with Gasteiger partial charge in [0.15, 0.2) is 11.5 Å². The molecule has 0 aromatic heterocycles. The Morgan fingerprint density at radius 1 is 1.00 bits per heavy atom. The van der Waals surface area contributed by atoms with E-state index in [0.717, 1.165) is 11.1 Å². The second-order valence-electron chi connectivity index (χ2n) is 8.04. The van der Waals surface area contributed by atoms with Crippen molar-refractivity contribution in [2.75, 3.05) is 18.5 Å². The smallest absolute Gasteiger partial charge is 0.266 e. The van der Waals surface area contributed by atoms with E-state index in [1.54, 1.807) is 54.6 Å². The zero-order valence-electron chi connectivity index (χ0n) is 21.2. The molecule has 3 aromatic carbocycles. The van der Waals surface area contributed by atoms with Gasteiger partial charge in [0.25, 0.3) is 5.91 Å². The van der Waals surface area contributed by atoms with Gasteiger partial charge in [-0.1, -0.05) is 35.3 Å². The van der Waals surface area contributed by atoms with E-state index in [9.17, 15) is 10.1 Å². The van der Waals surface area contributed by atoms with Crippen LogP contribution in [0.3, 0.4) is 0 Å². The molecule has 38 heavy (non-hydrogen) atoms. The second kappa shape index (κ2) is 14.1. The largest absolute Gasteiger partial charge is 0.494 e. The third-order valence-electron chi connectivity index (χ3n) is 5.30. The lowest BCUT2D eigenvalue weighted by Gasteiger charge is -2.17. The number of nitrogens with zero attached hydrogens (tertiary/aromatic N) is 1. The van der Waals surface area contributed by atoms with Gasteiger partial charge in [0, 0.05) is 26.9 Å². The molecule has 0 aliphatic carbocycles. The molecule has 0 aliphatic heterocycles. The van der Waals surface area contributed by atoms with Gasteiger partial charge in [-0.15, -0.1) is 6.58 Å². The van der Waals surface area contributed by atoms with Crippen LogP contribution in [0.4, 0.5) is 5.69 Å². The molecule has 8 heteroatoms. The van der Waals surface area contributed by atoms with Crippen molar-refractivity contribution in [3.8, 4) is 23.3 Å². The van der Waals surface area contributed by atoms with Crippen LogP contribution >= 0.6 is 23.2 Å². The minimum Gasteiger partial charge on any atom is -0.494 e. The summed E-state index contributed by atoms with van der Waals surface area (Å²) in [4.78, 5) is 12.8. The normalized spacial score (nSPS) is 10.9. The lowest BCUT2D eigenvalue weighted by molar-refractivity contribution is -0.112. The maximum absolute atomic E-state index is 12.8. The molecule has 0 aliphatic rings. The van der Waals surface area contributed by atoms with Crippen molar-refractivity contribution in [3.05, 3.63) is 99.6 Å². The molecule has 3 aromatic rings. The summed E-state index contributed by atoms with van der Waals surface area (Å²) in [7, 11) is 0. The third-order valence-corrected chi connectivity index (χ3v) is 5.89. The Morgan fingerprint density at radius 2 is 1.74 bits per heavy atom. The Bertz CT molecular complexity index is 1360. The molecule has 0 atom stereocenters. The number of anilines is 1. The Kier molecular flexibility index (Phi) is 10.7. The van der Waals surface area contributed by atoms with Gasteiger partial charge in [0.2, 0.25) is 0 Å². The van der Waals surface area contributed by atoms with E-state index in [0.29, 0.717) is 58.2 Å². The van der Waals surface area contributed by atoms with Crippen LogP contribution in [0, 0.1) is 11.3 Å². The zero-order valence-corrected chi connectivity index (χ0v) is 22.7. The van der Waals surface area contributed by atoms with Crippen molar-refractivity contribution in [3.63, 3.8) is 0 Å². The second-order valence-corrected chi connectivity index (χ2v) is 8.88. The molecule has 1 amide bonds. The number of nitrogens with one attached hydrogen (secondary N) is 1. The number of halogens is 2. The summed E-state index contributed by atoms with van der Waals surface area (Å²) in [6.45, 7) is 8.73. The monoisotopic (exact) mass is 550 g/mol. The van der Waals surface area contributed by atoms with Gasteiger partial charge in [-0.25, -0.2) is 0 Å². The number of hydrogen-bond acceptors (Lipinski definition) is 5. The average Bonchev–Trinajstić information content (AvgIpc) is 2.89. The number of carbonyl (C=O) groups excluding carboxylic acids is 1. The average molecular weight is 551 g/mol. The molecular weight excluding hydrogens is 523 g/mol. The molecule has 0 spiro atoms. The molecule has 6 nitrogen and oxygen atoms in total. The predicted molar refractivity (Wildman–Crippen MR) is 152 cm³/mol. The zero-order chi connectivity index (χ0) is 27.5. The lowest BCUT2D eigenvalue weighted by Crippen LogP contribution is -2.13. The maximum Gasteiger partial charge on any atom is 0.266 e. The van der Waals surface area contributed by atoms with Crippen molar-refractivity contribution >= 4 is 40.9 Å². The molecule has 0 radical (unpaired) electrons. The Labute approximate surface area is 233 Å². The number of allylic oxidation sites excluding steroid dienone is 1. The summed E-state index contributed by atoms with van der Waals surface area (Å²) in [6, 6.07) is 17.7. The summed E-state index contributed by atoms with van der Waals surface area (Å²) >= 11 is 12.3. The highest BCUT2D eigenvalue weighted by Crippen LogP contribution is 2.36. The predicted octanol–water partition coefficient (Wildman–Crippen LogP) is 7.64. The van der Waals surface area contributed by atoms with Crippen LogP contribution in [0.2, 0.25) is 10.0 Å². The van der Waals surface area contributed by atoms with E-state index >= 15 is 0 Å². The standard InChI is InChI=1S/C30H28Cl2N2O4/c1-4-7-21-14-20(15-23(18-33)30(35)34-25-10-12-26(13-11-25)36-5-2)16-28(37-6-3)29(21)38-19-22-8-9-24(31)17-27(22)32/h4,8-17H,1,5-7,19H2,2-3H3,(H,34,35)/b23-15+. The number of nitriles is 1. The molecule has 1 N–H and O–H groups in total. The molecule has 3 rings (SSSR count). The summed E-state index contributed by atoms with van der Waals surface area (Å²) < 4.78 is 17.4. The first kappa shape index (κ1) is 28.6. The first-order valence-electron chi connectivity index (χ1n) is 12.0. The SMILES string of the molecule is C=CCc1cc(/C=C(\C#N)C(=O)Nc2ccc(OCC)cc2)cc(OCC)c1OCc1ccc(Cl)cc1Cl. The van der Waals surface area contributed by atoms with Crippen LogP contribution in [0.25, 0.3) is 6.08 Å². The first-order chi connectivity index (χ1) is 18.4. The third kappa shape index (κ3) is 7.79. The highest BCUT2D eigenvalue weighted by atomic mass is 35.5.